The lowest BCUT2D eigenvalue weighted by molar-refractivity contribution is 0.309. The zero-order valence-electron chi connectivity index (χ0n) is 14.2. The summed E-state index contributed by atoms with van der Waals surface area (Å²) >= 11 is 0. The van der Waals surface area contributed by atoms with E-state index in [0.29, 0.717) is 5.89 Å². The number of aromatic nitrogens is 1. The van der Waals surface area contributed by atoms with Crippen LogP contribution in [-0.2, 0) is 0 Å². The van der Waals surface area contributed by atoms with E-state index >= 15 is 0 Å². The van der Waals surface area contributed by atoms with Gasteiger partial charge in [0.25, 0.3) is 5.88 Å². The number of nitrogens with one attached hydrogen (secondary N) is 1. The van der Waals surface area contributed by atoms with Crippen LogP contribution in [0.2, 0.25) is 0 Å². The zero-order valence-corrected chi connectivity index (χ0v) is 14.2. The van der Waals surface area contributed by atoms with E-state index in [1.807, 2.05) is 44.2 Å². The number of benzene rings is 1. The van der Waals surface area contributed by atoms with Crippen LogP contribution in [0.25, 0.3) is 0 Å². The Hall–Kier alpha value is -2.81. The second-order valence-corrected chi connectivity index (χ2v) is 5.64. The average molecular weight is 326 g/mol. The van der Waals surface area contributed by atoms with Crippen LogP contribution in [0.15, 0.2) is 33.8 Å². The van der Waals surface area contributed by atoms with Gasteiger partial charge < -0.3 is 9.15 Å². The van der Waals surface area contributed by atoms with E-state index in [9.17, 15) is 0 Å². The summed E-state index contributed by atoms with van der Waals surface area (Å²) in [7, 11) is 0. The first kappa shape index (κ1) is 17.5. The molecule has 0 radical (unpaired) electrons. The van der Waals surface area contributed by atoms with Gasteiger partial charge in [-0.15, -0.1) is 0 Å². The molecule has 0 aliphatic rings. The number of nitrogens with zero attached hydrogens (tertiary/aromatic N) is 3. The van der Waals surface area contributed by atoms with Crippen LogP contribution in [-0.4, -0.2) is 17.8 Å². The summed E-state index contributed by atoms with van der Waals surface area (Å²) in [5.74, 6) is 1.73. The molecule has 2 aromatic rings. The lowest BCUT2D eigenvalue weighted by Gasteiger charge is -2.04. The van der Waals surface area contributed by atoms with Gasteiger partial charge in [-0.05, 0) is 36.2 Å². The highest BCUT2D eigenvalue weighted by Gasteiger charge is 2.14. The third-order valence-corrected chi connectivity index (χ3v) is 3.27. The third-order valence-electron chi connectivity index (χ3n) is 3.27. The van der Waals surface area contributed by atoms with Crippen molar-refractivity contribution in [1.82, 2.24) is 4.98 Å². The van der Waals surface area contributed by atoms with Crippen LogP contribution in [0.5, 0.6) is 5.75 Å². The van der Waals surface area contributed by atoms with Crippen molar-refractivity contribution in [1.29, 1.82) is 5.26 Å². The molecule has 1 N–H and O–H groups in total. The predicted octanol–water partition coefficient (Wildman–Crippen LogP) is 4.29. The van der Waals surface area contributed by atoms with E-state index in [2.05, 4.69) is 22.4 Å². The van der Waals surface area contributed by atoms with Gasteiger partial charge in [0, 0.05) is 5.92 Å². The second kappa shape index (κ2) is 8.73. The number of hydrogen-bond donors (Lipinski definition) is 1. The maximum absolute atomic E-state index is 9.07. The SMILES string of the molecule is CCCCOc1ccc(C=NNc2oc(C(C)C)nc2C#N)cc1. The van der Waals surface area contributed by atoms with Gasteiger partial charge in [0.2, 0.25) is 11.6 Å². The van der Waals surface area contributed by atoms with E-state index in [0.717, 1.165) is 30.8 Å². The van der Waals surface area contributed by atoms with Crippen molar-refractivity contribution in [2.45, 2.75) is 39.5 Å². The molecule has 1 aromatic carbocycles. The monoisotopic (exact) mass is 326 g/mol. The third kappa shape index (κ3) is 4.85. The smallest absolute Gasteiger partial charge is 0.252 e. The van der Waals surface area contributed by atoms with Crippen molar-refractivity contribution >= 4 is 12.1 Å². The molecule has 126 valence electrons. The van der Waals surface area contributed by atoms with Crippen LogP contribution >= 0.6 is 0 Å². The minimum absolute atomic E-state index is 0.108. The molecule has 0 saturated carbocycles. The number of unbranched alkanes of at least 4 members (excludes halogenated alkanes) is 1. The number of hydrogen-bond acceptors (Lipinski definition) is 6. The molecule has 0 saturated heterocycles. The quantitative estimate of drug-likeness (QED) is 0.444. The lowest BCUT2D eigenvalue weighted by Crippen LogP contribution is -1.96. The topological polar surface area (TPSA) is 83.4 Å². The summed E-state index contributed by atoms with van der Waals surface area (Å²) < 4.78 is 11.1. The van der Waals surface area contributed by atoms with Crippen molar-refractivity contribution < 1.29 is 9.15 Å². The van der Waals surface area contributed by atoms with Crippen molar-refractivity contribution in [3.8, 4) is 11.8 Å². The summed E-state index contributed by atoms with van der Waals surface area (Å²) in [6.07, 6.45) is 3.81. The van der Waals surface area contributed by atoms with Gasteiger partial charge in [0.1, 0.15) is 11.8 Å². The highest BCUT2D eigenvalue weighted by atomic mass is 16.5. The number of oxazole rings is 1. The van der Waals surface area contributed by atoms with E-state index in [1.165, 1.54) is 0 Å². The van der Waals surface area contributed by atoms with Crippen LogP contribution in [0.3, 0.4) is 0 Å². The lowest BCUT2D eigenvalue weighted by atomic mass is 10.2. The van der Waals surface area contributed by atoms with Gasteiger partial charge in [-0.2, -0.15) is 10.4 Å². The Morgan fingerprint density at radius 2 is 2.12 bits per heavy atom. The Bertz CT molecular complexity index is 712. The summed E-state index contributed by atoms with van der Waals surface area (Å²) in [5.41, 5.74) is 3.84. The molecule has 0 unspecified atom stereocenters. The normalized spacial score (nSPS) is 11.0. The van der Waals surface area contributed by atoms with Crippen LogP contribution in [0.4, 0.5) is 5.88 Å². The molecule has 0 aliphatic carbocycles. The molecular weight excluding hydrogens is 304 g/mol. The summed E-state index contributed by atoms with van der Waals surface area (Å²) in [5, 5.41) is 13.2. The van der Waals surface area contributed by atoms with Gasteiger partial charge in [-0.1, -0.05) is 27.2 Å². The van der Waals surface area contributed by atoms with E-state index in [-0.39, 0.29) is 17.5 Å². The first-order valence-electron chi connectivity index (χ1n) is 8.06. The van der Waals surface area contributed by atoms with E-state index < -0.39 is 0 Å². The molecule has 2 rings (SSSR count). The first-order valence-corrected chi connectivity index (χ1v) is 8.06. The van der Waals surface area contributed by atoms with Crippen LogP contribution in [0.1, 0.15) is 56.7 Å². The molecule has 0 fully saturated rings. The Kier molecular flexibility index (Phi) is 6.38. The summed E-state index contributed by atoms with van der Waals surface area (Å²) in [6, 6.07) is 9.63. The number of rotatable bonds is 8. The van der Waals surface area contributed by atoms with Gasteiger partial charge in [0.05, 0.1) is 12.8 Å². The molecule has 0 atom stereocenters. The average Bonchev–Trinajstić information content (AvgIpc) is 3.00. The Morgan fingerprint density at radius 3 is 2.75 bits per heavy atom. The minimum atomic E-state index is 0.108. The molecule has 6 nitrogen and oxygen atoms in total. The molecule has 6 heteroatoms. The molecular formula is C18H22N4O2. The minimum Gasteiger partial charge on any atom is -0.494 e. The van der Waals surface area contributed by atoms with Gasteiger partial charge in [0.15, 0.2) is 0 Å². The molecule has 0 spiro atoms. The number of nitriles is 1. The van der Waals surface area contributed by atoms with Gasteiger partial charge >= 0.3 is 0 Å². The number of ether oxygens (including phenoxy) is 1. The molecule has 1 aromatic heterocycles. The van der Waals surface area contributed by atoms with Crippen LogP contribution in [0, 0.1) is 11.3 Å². The van der Waals surface area contributed by atoms with Crippen molar-refractivity contribution in [3.05, 3.63) is 41.4 Å². The second-order valence-electron chi connectivity index (χ2n) is 5.64. The van der Waals surface area contributed by atoms with E-state index in [1.54, 1.807) is 6.21 Å². The predicted molar refractivity (Wildman–Crippen MR) is 93.4 cm³/mol. The Labute approximate surface area is 142 Å². The number of hydrazone groups is 1. The maximum Gasteiger partial charge on any atom is 0.252 e. The van der Waals surface area contributed by atoms with Gasteiger partial charge in [-0.3, -0.25) is 0 Å². The fraction of sp³-hybridized carbons (Fsp3) is 0.389. The van der Waals surface area contributed by atoms with E-state index in [4.69, 9.17) is 14.4 Å². The maximum atomic E-state index is 9.07. The number of anilines is 1. The molecule has 0 bridgehead atoms. The van der Waals surface area contributed by atoms with Crippen LogP contribution < -0.4 is 10.2 Å². The summed E-state index contributed by atoms with van der Waals surface area (Å²) in [4.78, 5) is 4.12. The molecule has 24 heavy (non-hydrogen) atoms. The van der Waals surface area contributed by atoms with Crippen molar-refractivity contribution in [2.75, 3.05) is 12.0 Å². The zero-order chi connectivity index (χ0) is 17.4. The first-order chi connectivity index (χ1) is 11.6. The highest BCUT2D eigenvalue weighted by molar-refractivity contribution is 5.80. The highest BCUT2D eigenvalue weighted by Crippen LogP contribution is 2.22. The Balaban J connectivity index is 1.95. The standard InChI is InChI=1S/C18H22N4O2/c1-4-5-10-23-15-8-6-14(7-9-15)12-20-22-18-16(11-19)21-17(24-18)13(2)3/h6-9,12-13,22H,4-5,10H2,1-3H3. The van der Waals surface area contributed by atoms with Crippen molar-refractivity contribution in [2.24, 2.45) is 5.10 Å². The van der Waals surface area contributed by atoms with Gasteiger partial charge in [-0.25, -0.2) is 10.4 Å². The molecule has 0 amide bonds. The molecule has 1 heterocycles. The Morgan fingerprint density at radius 1 is 1.38 bits per heavy atom. The largest absolute Gasteiger partial charge is 0.494 e. The fourth-order valence-corrected chi connectivity index (χ4v) is 1.89. The fourth-order valence-electron chi connectivity index (χ4n) is 1.89. The summed E-state index contributed by atoms with van der Waals surface area (Å²) in [6.45, 7) is 6.76. The molecule has 0 aliphatic heterocycles. The van der Waals surface area contributed by atoms with Crippen molar-refractivity contribution in [3.63, 3.8) is 0 Å².